The molecule has 0 aromatic carbocycles. The molecule has 0 saturated carbocycles. The van der Waals surface area contributed by atoms with Crippen LogP contribution in [0.25, 0.3) is 0 Å². The predicted octanol–water partition coefficient (Wildman–Crippen LogP) is 1.03. The number of carbonyl (C=O) groups excluding carboxylic acids is 2. The predicted molar refractivity (Wildman–Crippen MR) is 59.4 cm³/mol. The van der Waals surface area contributed by atoms with Gasteiger partial charge in [0.25, 0.3) is 0 Å². The fourth-order valence-corrected chi connectivity index (χ4v) is 0.952. The fourth-order valence-electron chi connectivity index (χ4n) is 0.952. The number of ether oxygens (including phenoxy) is 2. The minimum absolute atomic E-state index is 0.0372. The third-order valence-corrected chi connectivity index (χ3v) is 1.88. The van der Waals surface area contributed by atoms with Crippen LogP contribution in [0.15, 0.2) is 0 Å². The van der Waals surface area contributed by atoms with Gasteiger partial charge in [0.1, 0.15) is 6.61 Å². The van der Waals surface area contributed by atoms with Gasteiger partial charge in [-0.1, -0.05) is 12.8 Å². The lowest BCUT2D eigenvalue weighted by Crippen LogP contribution is -2.21. The lowest BCUT2D eigenvalue weighted by atomic mass is 10.1. The highest BCUT2D eigenvalue weighted by atomic mass is 16.5. The summed E-state index contributed by atoms with van der Waals surface area (Å²) in [5.74, 6) is 0.575. The molecular formula is C12H15NO4. The lowest BCUT2D eigenvalue weighted by molar-refractivity contribution is -0.155. The largest absolute Gasteiger partial charge is 0.464 e. The average Bonchev–Trinajstić information content (AvgIpc) is 2.28. The van der Waals surface area contributed by atoms with Crippen molar-refractivity contribution in [2.24, 2.45) is 5.92 Å². The smallest absolute Gasteiger partial charge is 0.309 e. The average molecular weight is 237 g/mol. The molecule has 92 valence electrons. The maximum Gasteiger partial charge on any atom is 0.309 e. The van der Waals surface area contributed by atoms with Crippen LogP contribution >= 0.6 is 0 Å². The molecule has 0 aromatic heterocycles. The molecule has 0 aliphatic heterocycles. The lowest BCUT2D eigenvalue weighted by Gasteiger charge is -2.11. The van der Waals surface area contributed by atoms with E-state index in [1.807, 2.05) is 6.07 Å². The Balaban J connectivity index is 3.96. The van der Waals surface area contributed by atoms with Crippen molar-refractivity contribution in [3.05, 3.63) is 0 Å². The van der Waals surface area contributed by atoms with Crippen molar-refractivity contribution < 1.29 is 19.1 Å². The van der Waals surface area contributed by atoms with Crippen LogP contribution in [-0.2, 0) is 19.1 Å². The second-order valence-corrected chi connectivity index (χ2v) is 3.48. The van der Waals surface area contributed by atoms with Crippen LogP contribution in [0.1, 0.15) is 26.7 Å². The monoisotopic (exact) mass is 237 g/mol. The highest BCUT2D eigenvalue weighted by Gasteiger charge is 2.20. The third-order valence-electron chi connectivity index (χ3n) is 1.88. The molecule has 0 rings (SSSR count). The van der Waals surface area contributed by atoms with E-state index in [1.165, 1.54) is 0 Å². The summed E-state index contributed by atoms with van der Waals surface area (Å²) in [6.45, 7) is 3.15. The van der Waals surface area contributed by atoms with Gasteiger partial charge in [-0.05, 0) is 6.92 Å². The summed E-state index contributed by atoms with van der Waals surface area (Å²) >= 11 is 0. The SMILES string of the molecule is C#CC(C)OC(=O)CC(C)C(=O)OCCC#N. The Bertz CT molecular complexity index is 350. The Morgan fingerprint density at radius 1 is 1.41 bits per heavy atom. The number of hydrogen-bond donors (Lipinski definition) is 0. The summed E-state index contributed by atoms with van der Waals surface area (Å²) in [6, 6.07) is 1.85. The summed E-state index contributed by atoms with van der Waals surface area (Å²) in [6.07, 6.45) is 4.49. The van der Waals surface area contributed by atoms with Gasteiger partial charge in [0.05, 0.1) is 24.8 Å². The van der Waals surface area contributed by atoms with E-state index in [2.05, 4.69) is 5.92 Å². The molecule has 2 unspecified atom stereocenters. The first kappa shape index (κ1) is 15.0. The van der Waals surface area contributed by atoms with E-state index in [-0.39, 0.29) is 19.4 Å². The van der Waals surface area contributed by atoms with Gasteiger partial charge in [-0.25, -0.2) is 0 Å². The minimum Gasteiger partial charge on any atom is -0.464 e. The molecule has 0 N–H and O–H groups in total. The summed E-state index contributed by atoms with van der Waals surface area (Å²) in [7, 11) is 0. The fraction of sp³-hybridized carbons (Fsp3) is 0.583. The molecule has 0 saturated heterocycles. The van der Waals surface area contributed by atoms with Gasteiger partial charge in [-0.3, -0.25) is 9.59 Å². The Morgan fingerprint density at radius 2 is 2.06 bits per heavy atom. The van der Waals surface area contributed by atoms with E-state index < -0.39 is 24.0 Å². The van der Waals surface area contributed by atoms with Crippen molar-refractivity contribution in [1.29, 1.82) is 5.26 Å². The number of esters is 2. The molecule has 0 bridgehead atoms. The highest BCUT2D eigenvalue weighted by Crippen LogP contribution is 2.07. The summed E-state index contributed by atoms with van der Waals surface area (Å²) in [5, 5.41) is 8.26. The molecule has 0 heterocycles. The molecule has 0 aliphatic rings. The Hall–Kier alpha value is -2.01. The Morgan fingerprint density at radius 3 is 2.59 bits per heavy atom. The van der Waals surface area contributed by atoms with Crippen molar-refractivity contribution in [3.63, 3.8) is 0 Å². The summed E-state index contributed by atoms with van der Waals surface area (Å²) in [4.78, 5) is 22.6. The quantitative estimate of drug-likeness (QED) is 0.392. The molecule has 5 heteroatoms. The first-order valence-electron chi connectivity index (χ1n) is 5.20. The second-order valence-electron chi connectivity index (χ2n) is 3.48. The number of rotatable bonds is 6. The van der Waals surface area contributed by atoms with Gasteiger partial charge < -0.3 is 9.47 Å². The Kier molecular flexibility index (Phi) is 7.21. The van der Waals surface area contributed by atoms with Gasteiger partial charge in [0.2, 0.25) is 0 Å². The van der Waals surface area contributed by atoms with Crippen LogP contribution in [0.5, 0.6) is 0 Å². The van der Waals surface area contributed by atoms with Crippen molar-refractivity contribution in [1.82, 2.24) is 0 Å². The molecule has 0 amide bonds. The second kappa shape index (κ2) is 8.18. The molecule has 0 spiro atoms. The van der Waals surface area contributed by atoms with Crippen LogP contribution in [0.4, 0.5) is 0 Å². The third kappa shape index (κ3) is 6.97. The van der Waals surface area contributed by atoms with E-state index in [9.17, 15) is 9.59 Å². The molecule has 0 aromatic rings. The van der Waals surface area contributed by atoms with Gasteiger partial charge in [-0.2, -0.15) is 5.26 Å². The number of hydrogen-bond acceptors (Lipinski definition) is 5. The first-order chi connectivity index (χ1) is 8.01. The van der Waals surface area contributed by atoms with Crippen LogP contribution in [-0.4, -0.2) is 24.6 Å². The highest BCUT2D eigenvalue weighted by molar-refractivity contribution is 5.79. The maximum atomic E-state index is 11.3. The van der Waals surface area contributed by atoms with Crippen LogP contribution in [0.2, 0.25) is 0 Å². The zero-order chi connectivity index (χ0) is 13.3. The van der Waals surface area contributed by atoms with Crippen molar-refractivity contribution in [3.8, 4) is 18.4 Å². The minimum atomic E-state index is -0.607. The molecule has 5 nitrogen and oxygen atoms in total. The molecule has 2 atom stereocenters. The van der Waals surface area contributed by atoms with E-state index in [0.29, 0.717) is 0 Å². The normalized spacial score (nSPS) is 12.7. The van der Waals surface area contributed by atoms with E-state index in [4.69, 9.17) is 21.2 Å². The summed E-state index contributed by atoms with van der Waals surface area (Å²) in [5.41, 5.74) is 0. The molecule has 0 aliphatic carbocycles. The van der Waals surface area contributed by atoms with Crippen molar-refractivity contribution in [2.45, 2.75) is 32.8 Å². The maximum absolute atomic E-state index is 11.3. The van der Waals surface area contributed by atoms with Crippen molar-refractivity contribution >= 4 is 11.9 Å². The topological polar surface area (TPSA) is 76.4 Å². The number of nitriles is 1. The van der Waals surface area contributed by atoms with Gasteiger partial charge in [0.15, 0.2) is 6.10 Å². The molecule has 0 radical (unpaired) electrons. The number of nitrogens with zero attached hydrogens (tertiary/aromatic N) is 1. The standard InChI is InChI=1S/C12H15NO4/c1-4-10(3)17-11(14)8-9(2)12(15)16-7-5-6-13/h1,9-10H,5,7-8H2,2-3H3. The van der Waals surface area contributed by atoms with Crippen LogP contribution in [0.3, 0.4) is 0 Å². The van der Waals surface area contributed by atoms with Gasteiger partial charge >= 0.3 is 11.9 Å². The zero-order valence-electron chi connectivity index (χ0n) is 9.93. The van der Waals surface area contributed by atoms with E-state index in [0.717, 1.165) is 0 Å². The van der Waals surface area contributed by atoms with Crippen molar-refractivity contribution in [2.75, 3.05) is 6.61 Å². The van der Waals surface area contributed by atoms with E-state index in [1.54, 1.807) is 13.8 Å². The zero-order valence-corrected chi connectivity index (χ0v) is 9.93. The van der Waals surface area contributed by atoms with Crippen LogP contribution in [0, 0.1) is 29.6 Å². The van der Waals surface area contributed by atoms with E-state index >= 15 is 0 Å². The number of carbonyl (C=O) groups is 2. The van der Waals surface area contributed by atoms with Crippen LogP contribution < -0.4 is 0 Å². The van der Waals surface area contributed by atoms with Gasteiger partial charge in [-0.15, -0.1) is 6.42 Å². The summed E-state index contributed by atoms with van der Waals surface area (Å²) < 4.78 is 9.58. The Labute approximate surface area is 101 Å². The molecule has 0 fully saturated rings. The first-order valence-corrected chi connectivity index (χ1v) is 5.20. The number of terminal acetylenes is 1. The molecular weight excluding hydrogens is 222 g/mol. The molecule has 17 heavy (non-hydrogen) atoms. The van der Waals surface area contributed by atoms with Gasteiger partial charge in [0, 0.05) is 0 Å².